The zero-order chi connectivity index (χ0) is 12.3. The molecular weight excluding hydrogens is 232 g/mol. The first-order chi connectivity index (χ1) is 8.17. The van der Waals surface area contributed by atoms with Gasteiger partial charge in [0.2, 0.25) is 0 Å². The van der Waals surface area contributed by atoms with Crippen molar-refractivity contribution in [3.8, 4) is 5.75 Å². The van der Waals surface area contributed by atoms with Crippen LogP contribution in [-0.4, -0.2) is 30.2 Å². The van der Waals surface area contributed by atoms with Gasteiger partial charge in [-0.05, 0) is 18.6 Å². The highest BCUT2D eigenvalue weighted by atomic mass is 32.2. The Bertz CT molecular complexity index is 385. The van der Waals surface area contributed by atoms with E-state index in [9.17, 15) is 0 Å². The second-order valence-electron chi connectivity index (χ2n) is 4.67. The molecule has 1 aromatic rings. The summed E-state index contributed by atoms with van der Waals surface area (Å²) in [6.45, 7) is 2.93. The molecule has 0 aromatic heterocycles. The fraction of sp³-hybridized carbons (Fsp3) is 0.538. The summed E-state index contributed by atoms with van der Waals surface area (Å²) in [5, 5.41) is 4.26. The molecule has 4 heteroatoms. The van der Waals surface area contributed by atoms with Gasteiger partial charge in [0.05, 0.1) is 12.6 Å². The average molecular weight is 252 g/mol. The minimum absolute atomic E-state index is 0.0381. The van der Waals surface area contributed by atoms with Crippen LogP contribution in [0.25, 0.3) is 0 Å². The molecule has 17 heavy (non-hydrogen) atoms. The number of ether oxygens (including phenoxy) is 1. The number of anilines is 1. The van der Waals surface area contributed by atoms with Crippen LogP contribution in [0.3, 0.4) is 0 Å². The van der Waals surface area contributed by atoms with Gasteiger partial charge in [-0.2, -0.15) is 11.8 Å². The van der Waals surface area contributed by atoms with Gasteiger partial charge in [-0.1, -0.05) is 13.0 Å². The third-order valence-electron chi connectivity index (χ3n) is 3.19. The van der Waals surface area contributed by atoms with Crippen molar-refractivity contribution in [2.75, 3.05) is 24.7 Å². The van der Waals surface area contributed by atoms with E-state index in [1.165, 1.54) is 0 Å². The molecule has 0 spiro atoms. The molecule has 2 atom stereocenters. The van der Waals surface area contributed by atoms with Crippen molar-refractivity contribution in [1.82, 2.24) is 0 Å². The number of thioether (sulfide) groups is 1. The topological polar surface area (TPSA) is 47.3 Å². The molecule has 1 aromatic carbocycles. The van der Waals surface area contributed by atoms with Crippen molar-refractivity contribution in [2.24, 2.45) is 5.73 Å². The van der Waals surface area contributed by atoms with Gasteiger partial charge in [-0.25, -0.2) is 0 Å². The lowest BCUT2D eigenvalue weighted by molar-refractivity contribution is 0.414. The van der Waals surface area contributed by atoms with Gasteiger partial charge < -0.3 is 15.8 Å². The zero-order valence-corrected chi connectivity index (χ0v) is 11.2. The summed E-state index contributed by atoms with van der Waals surface area (Å²) in [5.74, 6) is 1.95. The van der Waals surface area contributed by atoms with Crippen molar-refractivity contribution >= 4 is 17.4 Å². The Hall–Kier alpha value is -0.870. The number of benzene rings is 1. The smallest absolute Gasteiger partial charge is 0.120 e. The first kappa shape index (κ1) is 12.6. The Morgan fingerprint density at radius 3 is 3.00 bits per heavy atom. The fourth-order valence-electron chi connectivity index (χ4n) is 2.26. The molecule has 2 rings (SSSR count). The Balaban J connectivity index is 2.12. The number of nitrogens with two attached hydrogens (primary N) is 1. The van der Waals surface area contributed by atoms with Crippen molar-refractivity contribution in [2.45, 2.75) is 24.1 Å². The van der Waals surface area contributed by atoms with E-state index < -0.39 is 0 Å². The number of hydrogen-bond acceptors (Lipinski definition) is 4. The summed E-state index contributed by atoms with van der Waals surface area (Å²) < 4.78 is 5.23. The third-order valence-corrected chi connectivity index (χ3v) is 4.65. The Morgan fingerprint density at radius 2 is 2.41 bits per heavy atom. The minimum atomic E-state index is 0.0381. The van der Waals surface area contributed by atoms with E-state index in [4.69, 9.17) is 10.5 Å². The molecule has 94 valence electrons. The van der Waals surface area contributed by atoms with Crippen molar-refractivity contribution in [1.29, 1.82) is 0 Å². The van der Waals surface area contributed by atoms with Gasteiger partial charge in [0.25, 0.3) is 0 Å². The van der Waals surface area contributed by atoms with E-state index in [2.05, 4.69) is 18.3 Å². The largest absolute Gasteiger partial charge is 0.497 e. The van der Waals surface area contributed by atoms with E-state index in [0.717, 1.165) is 23.6 Å². The summed E-state index contributed by atoms with van der Waals surface area (Å²) in [7, 11) is 1.69. The van der Waals surface area contributed by atoms with Gasteiger partial charge >= 0.3 is 0 Å². The summed E-state index contributed by atoms with van der Waals surface area (Å²) >= 11 is 1.98. The third kappa shape index (κ3) is 2.87. The molecule has 1 aliphatic rings. The summed E-state index contributed by atoms with van der Waals surface area (Å²) in [4.78, 5) is 0. The standard InChI is InChI=1S/C13H20N2OS/c1-10-7-13(8-14,9-17-10)15-11-4-3-5-12(6-11)16-2/h3-6,10,15H,7-9,14H2,1-2H3. The SMILES string of the molecule is COc1cccc(NC2(CN)CSC(C)C2)c1. The second kappa shape index (κ2) is 5.19. The molecule has 3 N–H and O–H groups in total. The highest BCUT2D eigenvalue weighted by Gasteiger charge is 2.36. The molecule has 3 nitrogen and oxygen atoms in total. The van der Waals surface area contributed by atoms with Crippen LogP contribution in [0.2, 0.25) is 0 Å². The van der Waals surface area contributed by atoms with E-state index in [1.807, 2.05) is 30.0 Å². The van der Waals surface area contributed by atoms with E-state index in [1.54, 1.807) is 7.11 Å². The summed E-state index contributed by atoms with van der Waals surface area (Å²) in [6, 6.07) is 8.03. The van der Waals surface area contributed by atoms with Crippen LogP contribution in [0.5, 0.6) is 5.75 Å². The van der Waals surface area contributed by atoms with Crippen LogP contribution >= 0.6 is 11.8 Å². The lowest BCUT2D eigenvalue weighted by Gasteiger charge is -2.29. The van der Waals surface area contributed by atoms with Crippen LogP contribution in [0, 0.1) is 0 Å². The minimum Gasteiger partial charge on any atom is -0.497 e. The number of methoxy groups -OCH3 is 1. The lowest BCUT2D eigenvalue weighted by atomic mass is 9.96. The number of hydrogen-bond donors (Lipinski definition) is 2. The average Bonchev–Trinajstić information content (AvgIpc) is 2.72. The summed E-state index contributed by atoms with van der Waals surface area (Å²) in [5.41, 5.74) is 7.07. The predicted molar refractivity (Wildman–Crippen MR) is 74.9 cm³/mol. The maximum atomic E-state index is 5.94. The van der Waals surface area contributed by atoms with Crippen LogP contribution < -0.4 is 15.8 Å². The lowest BCUT2D eigenvalue weighted by Crippen LogP contribution is -2.45. The molecule has 1 heterocycles. The Labute approximate surface area is 107 Å². The van der Waals surface area contributed by atoms with Crippen molar-refractivity contribution < 1.29 is 4.74 Å². The van der Waals surface area contributed by atoms with Gasteiger partial charge in [0, 0.05) is 29.3 Å². The highest BCUT2D eigenvalue weighted by molar-refractivity contribution is 8.00. The normalized spacial score (nSPS) is 28.1. The molecule has 0 bridgehead atoms. The highest BCUT2D eigenvalue weighted by Crippen LogP contribution is 2.36. The molecular formula is C13H20N2OS. The first-order valence-electron chi connectivity index (χ1n) is 5.91. The van der Waals surface area contributed by atoms with E-state index in [-0.39, 0.29) is 5.54 Å². The molecule has 0 radical (unpaired) electrons. The molecule has 0 amide bonds. The van der Waals surface area contributed by atoms with Crippen molar-refractivity contribution in [3.05, 3.63) is 24.3 Å². The molecule has 1 fully saturated rings. The summed E-state index contributed by atoms with van der Waals surface area (Å²) in [6.07, 6.45) is 1.12. The van der Waals surface area contributed by atoms with Crippen LogP contribution in [0.1, 0.15) is 13.3 Å². The maximum absolute atomic E-state index is 5.94. The number of rotatable bonds is 4. The predicted octanol–water partition coefficient (Wildman–Crippen LogP) is 2.33. The fourth-order valence-corrected chi connectivity index (χ4v) is 3.61. The van der Waals surface area contributed by atoms with Crippen LogP contribution in [0.4, 0.5) is 5.69 Å². The Kier molecular flexibility index (Phi) is 3.84. The van der Waals surface area contributed by atoms with Gasteiger partial charge in [0.15, 0.2) is 0 Å². The van der Waals surface area contributed by atoms with Gasteiger partial charge in [0.1, 0.15) is 5.75 Å². The first-order valence-corrected chi connectivity index (χ1v) is 6.96. The van der Waals surface area contributed by atoms with Crippen molar-refractivity contribution in [3.63, 3.8) is 0 Å². The van der Waals surface area contributed by atoms with E-state index in [0.29, 0.717) is 11.8 Å². The number of nitrogens with one attached hydrogen (secondary N) is 1. The molecule has 0 saturated carbocycles. The quantitative estimate of drug-likeness (QED) is 0.863. The molecule has 1 aliphatic heterocycles. The second-order valence-corrected chi connectivity index (χ2v) is 6.09. The van der Waals surface area contributed by atoms with Crippen LogP contribution in [0.15, 0.2) is 24.3 Å². The molecule has 2 unspecified atom stereocenters. The Morgan fingerprint density at radius 1 is 1.59 bits per heavy atom. The van der Waals surface area contributed by atoms with Crippen LogP contribution in [-0.2, 0) is 0 Å². The monoisotopic (exact) mass is 252 g/mol. The van der Waals surface area contributed by atoms with Gasteiger partial charge in [-0.15, -0.1) is 0 Å². The maximum Gasteiger partial charge on any atom is 0.120 e. The van der Waals surface area contributed by atoms with Gasteiger partial charge in [-0.3, -0.25) is 0 Å². The van der Waals surface area contributed by atoms with E-state index >= 15 is 0 Å². The molecule has 1 saturated heterocycles. The zero-order valence-electron chi connectivity index (χ0n) is 10.4. The molecule has 0 aliphatic carbocycles.